The van der Waals surface area contributed by atoms with Crippen LogP contribution in [0.2, 0.25) is 0 Å². The number of hydrogen-bond donors (Lipinski definition) is 4. The fourth-order valence-electron chi connectivity index (χ4n) is 1.36. The van der Waals surface area contributed by atoms with Crippen molar-refractivity contribution in [1.29, 1.82) is 0 Å². The second-order valence-corrected chi connectivity index (χ2v) is 4.12. The zero-order valence-corrected chi connectivity index (χ0v) is 10.6. The van der Waals surface area contributed by atoms with Crippen LogP contribution in [0.15, 0.2) is 24.3 Å². The number of H-pyrrole nitrogens is 2. The van der Waals surface area contributed by atoms with Gasteiger partial charge in [0, 0.05) is 0 Å². The Bertz CT molecular complexity index is 679. The molecule has 0 radical (unpaired) electrons. The number of anilines is 2. The summed E-state index contributed by atoms with van der Waals surface area (Å²) in [7, 11) is 0. The fourth-order valence-corrected chi connectivity index (χ4v) is 1.81. The van der Waals surface area contributed by atoms with E-state index in [-0.39, 0.29) is 16.3 Å². The molecule has 0 fully saturated rings. The maximum absolute atomic E-state index is 11.0. The Morgan fingerprint density at radius 2 is 2.00 bits per heavy atom. The molecule has 0 saturated heterocycles. The highest BCUT2D eigenvalue weighted by Crippen LogP contribution is 2.18. The molecule has 1 aromatic heterocycles. The molecule has 0 spiro atoms. The molecule has 0 aliphatic carbocycles. The lowest BCUT2D eigenvalue weighted by Crippen LogP contribution is -2.05. The van der Waals surface area contributed by atoms with Gasteiger partial charge in [0.2, 0.25) is 10.7 Å². The topological polar surface area (TPSA) is 93.8 Å². The number of aromatic carboxylic acids is 1. The number of aromatic nitrogens is 3. The summed E-state index contributed by atoms with van der Waals surface area (Å²) in [4.78, 5) is 20.4. The normalized spacial score (nSPS) is 10.0. The molecule has 4 N–H and O–H groups in total. The fraction of sp³-hybridized carbons (Fsp3) is 0. The van der Waals surface area contributed by atoms with E-state index in [1.807, 2.05) is 0 Å². The number of carboxylic acids is 1. The number of rotatable bonds is 3. The molecule has 18 heavy (non-hydrogen) atoms. The number of aromatic amines is 2. The molecule has 2 aromatic rings. The monoisotopic (exact) mass is 280 g/mol. The van der Waals surface area contributed by atoms with Crippen molar-refractivity contribution in [2.75, 3.05) is 5.32 Å². The van der Waals surface area contributed by atoms with E-state index in [1.54, 1.807) is 18.2 Å². The van der Waals surface area contributed by atoms with E-state index in [4.69, 9.17) is 29.5 Å². The molecule has 0 aliphatic heterocycles. The molecule has 1 heterocycles. The number of nitrogens with one attached hydrogen (secondary N) is 3. The van der Waals surface area contributed by atoms with Crippen LogP contribution in [0, 0.1) is 9.54 Å². The molecular formula is C10H8N4O2S2. The van der Waals surface area contributed by atoms with Crippen LogP contribution in [0.5, 0.6) is 0 Å². The Hall–Kier alpha value is -2.06. The summed E-state index contributed by atoms with van der Waals surface area (Å²) in [5, 5.41) is 11.9. The van der Waals surface area contributed by atoms with E-state index in [0.29, 0.717) is 10.5 Å². The second-order valence-electron chi connectivity index (χ2n) is 3.32. The first-order valence-electron chi connectivity index (χ1n) is 4.86. The average Bonchev–Trinajstić information content (AvgIpc) is 2.27. The number of nitrogens with zero attached hydrogens (tertiary/aromatic N) is 1. The van der Waals surface area contributed by atoms with E-state index < -0.39 is 5.97 Å². The number of hydrogen-bond acceptors (Lipinski definition) is 5. The third-order valence-corrected chi connectivity index (χ3v) is 2.47. The smallest absolute Gasteiger partial charge is 0.337 e. The Morgan fingerprint density at radius 3 is 2.67 bits per heavy atom. The van der Waals surface area contributed by atoms with E-state index in [2.05, 4.69) is 20.3 Å². The van der Waals surface area contributed by atoms with E-state index >= 15 is 0 Å². The zero-order valence-electron chi connectivity index (χ0n) is 8.93. The molecule has 0 unspecified atom stereocenters. The lowest BCUT2D eigenvalue weighted by atomic mass is 10.2. The Labute approximate surface area is 112 Å². The number of benzene rings is 1. The largest absolute Gasteiger partial charge is 0.478 e. The van der Waals surface area contributed by atoms with Gasteiger partial charge in [0.05, 0.1) is 11.3 Å². The minimum atomic E-state index is -1.03. The first-order valence-corrected chi connectivity index (χ1v) is 5.68. The second kappa shape index (κ2) is 5.07. The summed E-state index contributed by atoms with van der Waals surface area (Å²) in [6, 6.07) is 6.47. The van der Waals surface area contributed by atoms with Gasteiger partial charge in [-0.25, -0.2) is 4.79 Å². The lowest BCUT2D eigenvalue weighted by Gasteiger charge is -2.07. The van der Waals surface area contributed by atoms with Gasteiger partial charge in [0.15, 0.2) is 4.77 Å². The van der Waals surface area contributed by atoms with Gasteiger partial charge in [-0.1, -0.05) is 12.1 Å². The minimum Gasteiger partial charge on any atom is -0.478 e. The Morgan fingerprint density at radius 1 is 1.28 bits per heavy atom. The maximum Gasteiger partial charge on any atom is 0.337 e. The van der Waals surface area contributed by atoms with Crippen molar-refractivity contribution in [3.8, 4) is 0 Å². The summed E-state index contributed by atoms with van der Waals surface area (Å²) >= 11 is 9.79. The first-order chi connectivity index (χ1) is 8.56. The minimum absolute atomic E-state index is 0.136. The quantitative estimate of drug-likeness (QED) is 0.646. The highest BCUT2D eigenvalue weighted by Gasteiger charge is 2.09. The average molecular weight is 280 g/mol. The number of para-hydroxylation sites is 1. The summed E-state index contributed by atoms with van der Waals surface area (Å²) in [6.07, 6.45) is 0. The predicted octanol–water partition coefficient (Wildman–Crippen LogP) is 2.64. The molecule has 0 atom stereocenters. The van der Waals surface area contributed by atoms with Gasteiger partial charge in [-0.2, -0.15) is 4.98 Å². The van der Waals surface area contributed by atoms with E-state index in [0.717, 1.165) is 0 Å². The molecule has 92 valence electrons. The van der Waals surface area contributed by atoms with Crippen LogP contribution in [0.25, 0.3) is 0 Å². The molecule has 8 heteroatoms. The summed E-state index contributed by atoms with van der Waals surface area (Å²) in [5.41, 5.74) is 0.543. The number of carboxylic acid groups (broad SMARTS) is 1. The van der Waals surface area contributed by atoms with Crippen LogP contribution in [-0.4, -0.2) is 26.0 Å². The van der Waals surface area contributed by atoms with Crippen LogP contribution in [0.4, 0.5) is 11.6 Å². The summed E-state index contributed by atoms with van der Waals surface area (Å²) < 4.78 is 0.527. The van der Waals surface area contributed by atoms with Gasteiger partial charge in [-0.05, 0) is 36.6 Å². The van der Waals surface area contributed by atoms with E-state index in [1.165, 1.54) is 6.07 Å². The standard InChI is InChI=1S/C10H8N4O2S2/c15-7(16)5-3-1-2-4-6(5)11-8-12-9(17)14-10(18)13-8/h1-4H,(H,15,16)(H3,11,12,13,14,17,18). The SMILES string of the molecule is O=C(O)c1ccccc1Nc1nc(=S)[nH]c(=S)[nH]1. The maximum atomic E-state index is 11.0. The number of carbonyl (C=O) groups is 1. The van der Waals surface area contributed by atoms with Crippen LogP contribution in [-0.2, 0) is 0 Å². The van der Waals surface area contributed by atoms with Crippen molar-refractivity contribution in [1.82, 2.24) is 15.0 Å². The highest BCUT2D eigenvalue weighted by atomic mass is 32.1. The van der Waals surface area contributed by atoms with Crippen molar-refractivity contribution in [2.45, 2.75) is 0 Å². The van der Waals surface area contributed by atoms with Crippen molar-refractivity contribution in [3.05, 3.63) is 39.4 Å². The predicted molar refractivity (Wildman–Crippen MR) is 71.3 cm³/mol. The van der Waals surface area contributed by atoms with Gasteiger partial charge in [0.25, 0.3) is 0 Å². The molecule has 0 saturated carbocycles. The van der Waals surface area contributed by atoms with Gasteiger partial charge >= 0.3 is 5.97 Å². The molecule has 0 aliphatic rings. The summed E-state index contributed by atoms with van der Waals surface area (Å²) in [6.45, 7) is 0. The lowest BCUT2D eigenvalue weighted by molar-refractivity contribution is 0.0698. The Balaban J connectivity index is 2.43. The van der Waals surface area contributed by atoms with Crippen molar-refractivity contribution in [3.63, 3.8) is 0 Å². The third kappa shape index (κ3) is 2.79. The molecule has 6 nitrogen and oxygen atoms in total. The van der Waals surface area contributed by atoms with Crippen LogP contribution >= 0.6 is 24.4 Å². The highest BCUT2D eigenvalue weighted by molar-refractivity contribution is 7.71. The van der Waals surface area contributed by atoms with E-state index in [9.17, 15) is 4.79 Å². The molecule has 1 aromatic carbocycles. The van der Waals surface area contributed by atoms with Crippen LogP contribution < -0.4 is 5.32 Å². The molecule has 2 rings (SSSR count). The van der Waals surface area contributed by atoms with Crippen LogP contribution in [0.3, 0.4) is 0 Å². The van der Waals surface area contributed by atoms with Crippen molar-refractivity contribution >= 4 is 42.0 Å². The van der Waals surface area contributed by atoms with Gasteiger partial charge < -0.3 is 20.4 Å². The van der Waals surface area contributed by atoms with Gasteiger partial charge in [0.1, 0.15) is 0 Å². The van der Waals surface area contributed by atoms with Gasteiger partial charge in [-0.15, -0.1) is 0 Å². The van der Waals surface area contributed by atoms with Crippen molar-refractivity contribution < 1.29 is 9.90 Å². The van der Waals surface area contributed by atoms with Crippen molar-refractivity contribution in [2.24, 2.45) is 0 Å². The van der Waals surface area contributed by atoms with Crippen LogP contribution in [0.1, 0.15) is 10.4 Å². The summed E-state index contributed by atoms with van der Waals surface area (Å²) in [5.74, 6) is -0.741. The third-order valence-electron chi connectivity index (χ3n) is 2.08. The molecular weight excluding hydrogens is 272 g/mol. The van der Waals surface area contributed by atoms with Gasteiger partial charge in [-0.3, -0.25) is 0 Å². The zero-order chi connectivity index (χ0) is 13.1. The Kier molecular flexibility index (Phi) is 3.49. The molecule has 0 bridgehead atoms. The molecule has 0 amide bonds. The first kappa shape index (κ1) is 12.4.